The van der Waals surface area contributed by atoms with Crippen LogP contribution in [0.4, 0.5) is 5.69 Å². The Bertz CT molecular complexity index is 1660. The third kappa shape index (κ3) is 5.63. The van der Waals surface area contributed by atoms with E-state index < -0.39 is 0 Å². The summed E-state index contributed by atoms with van der Waals surface area (Å²) < 4.78 is 0. The summed E-state index contributed by atoms with van der Waals surface area (Å²) in [5.74, 6) is 1.72. The van der Waals surface area contributed by atoms with Gasteiger partial charge in [0.25, 0.3) is 5.91 Å². The number of aliphatic imine (C=N–C) groups is 2. The van der Waals surface area contributed by atoms with Crippen LogP contribution in [0.25, 0.3) is 11.1 Å². The van der Waals surface area contributed by atoms with E-state index >= 15 is 0 Å². The molecule has 2 unspecified atom stereocenters. The van der Waals surface area contributed by atoms with Crippen LogP contribution in [0.15, 0.2) is 107 Å². The third-order valence-electron chi connectivity index (χ3n) is 7.95. The number of para-hydroxylation sites is 1. The Kier molecular flexibility index (Phi) is 7.73. The SMILES string of the molecule is CCCCC1=NC2C(N)=Nc3ccccc3C2N1Cc1ccc(CNC(=O)c2cccc(-c3cccc(O)c3)c2)cc1. The van der Waals surface area contributed by atoms with Crippen LogP contribution in [0.3, 0.4) is 0 Å². The van der Waals surface area contributed by atoms with E-state index in [0.717, 1.165) is 54.0 Å². The number of fused-ring (bicyclic) bond motifs is 3. The highest BCUT2D eigenvalue weighted by atomic mass is 16.3. The van der Waals surface area contributed by atoms with Crippen LogP contribution in [0, 0.1) is 0 Å². The second-order valence-electron chi connectivity index (χ2n) is 10.9. The lowest BCUT2D eigenvalue weighted by molar-refractivity contribution is 0.0951. The minimum Gasteiger partial charge on any atom is -0.508 e. The van der Waals surface area contributed by atoms with E-state index in [9.17, 15) is 9.90 Å². The fourth-order valence-electron chi connectivity index (χ4n) is 5.75. The molecule has 4 aromatic rings. The number of phenolic OH excluding ortho intramolecular Hbond substituents is 1. The Hall–Kier alpha value is -4.91. The molecular weight excluding hydrogens is 522 g/mol. The van der Waals surface area contributed by atoms with Gasteiger partial charge in [-0.15, -0.1) is 0 Å². The molecule has 7 heteroatoms. The van der Waals surface area contributed by atoms with Crippen molar-refractivity contribution in [3.05, 3.63) is 119 Å². The van der Waals surface area contributed by atoms with Gasteiger partial charge in [-0.25, -0.2) is 4.99 Å². The zero-order valence-electron chi connectivity index (χ0n) is 23.7. The summed E-state index contributed by atoms with van der Waals surface area (Å²) in [5.41, 5.74) is 13.0. The van der Waals surface area contributed by atoms with E-state index in [-0.39, 0.29) is 23.7 Å². The van der Waals surface area contributed by atoms with Crippen molar-refractivity contribution in [3.63, 3.8) is 0 Å². The van der Waals surface area contributed by atoms with Crippen LogP contribution in [-0.4, -0.2) is 33.6 Å². The molecule has 4 aromatic carbocycles. The number of benzene rings is 4. The predicted octanol–water partition coefficient (Wildman–Crippen LogP) is 6.51. The van der Waals surface area contributed by atoms with Crippen molar-refractivity contribution in [1.29, 1.82) is 0 Å². The summed E-state index contributed by atoms with van der Waals surface area (Å²) in [7, 11) is 0. The standard InChI is InChI=1S/C35H35N5O2/c1-2-3-14-31-39-32-33(29-12-4-5-13-30(29)38-34(32)36)40(31)22-24-17-15-23(16-18-24)21-37-35(42)27-10-6-8-25(19-27)26-9-7-11-28(41)20-26/h4-13,15-20,32-33,41H,2-3,14,21-22H2,1H3,(H2,36,38)(H,37,42). The maximum absolute atomic E-state index is 12.9. The quantitative estimate of drug-likeness (QED) is 0.218. The van der Waals surface area contributed by atoms with Gasteiger partial charge in [0.15, 0.2) is 0 Å². The van der Waals surface area contributed by atoms with Crippen LogP contribution < -0.4 is 11.1 Å². The summed E-state index contributed by atoms with van der Waals surface area (Å²) in [6, 6.07) is 30.9. The van der Waals surface area contributed by atoms with Gasteiger partial charge in [0, 0.05) is 30.6 Å². The number of nitrogens with two attached hydrogens (primary N) is 1. The van der Waals surface area contributed by atoms with Crippen molar-refractivity contribution in [2.24, 2.45) is 15.7 Å². The fraction of sp³-hybridized carbons (Fsp3) is 0.229. The van der Waals surface area contributed by atoms with E-state index in [2.05, 4.69) is 58.5 Å². The summed E-state index contributed by atoms with van der Waals surface area (Å²) in [4.78, 5) is 25.1. The number of rotatable bonds is 9. The first kappa shape index (κ1) is 27.3. The molecule has 0 aromatic heterocycles. The lowest BCUT2D eigenvalue weighted by Crippen LogP contribution is -2.39. The number of carbonyl (C=O) groups is 1. The molecule has 2 aliphatic heterocycles. The highest BCUT2D eigenvalue weighted by Gasteiger charge is 2.42. The topological polar surface area (TPSA) is 103 Å². The molecule has 2 aliphatic rings. The molecule has 7 nitrogen and oxygen atoms in total. The maximum Gasteiger partial charge on any atom is 0.251 e. The summed E-state index contributed by atoms with van der Waals surface area (Å²) >= 11 is 0. The van der Waals surface area contributed by atoms with Gasteiger partial charge in [-0.05, 0) is 59.0 Å². The molecule has 0 radical (unpaired) electrons. The van der Waals surface area contributed by atoms with Crippen LogP contribution in [0.2, 0.25) is 0 Å². The minimum atomic E-state index is -0.160. The first-order valence-electron chi connectivity index (χ1n) is 14.5. The van der Waals surface area contributed by atoms with Crippen molar-refractivity contribution in [1.82, 2.24) is 10.2 Å². The molecule has 212 valence electrons. The Morgan fingerprint density at radius 1 is 0.929 bits per heavy atom. The van der Waals surface area contributed by atoms with Gasteiger partial charge >= 0.3 is 0 Å². The molecule has 0 saturated carbocycles. The second-order valence-corrected chi connectivity index (χ2v) is 10.9. The van der Waals surface area contributed by atoms with Gasteiger partial charge in [0.05, 0.1) is 11.7 Å². The van der Waals surface area contributed by atoms with Crippen molar-refractivity contribution >= 4 is 23.3 Å². The Balaban J connectivity index is 1.14. The van der Waals surface area contributed by atoms with E-state index in [4.69, 9.17) is 10.7 Å². The predicted molar refractivity (Wildman–Crippen MR) is 168 cm³/mol. The van der Waals surface area contributed by atoms with Crippen molar-refractivity contribution in [2.45, 2.75) is 51.4 Å². The summed E-state index contributed by atoms with van der Waals surface area (Å²) in [6.45, 7) is 3.34. The van der Waals surface area contributed by atoms with Crippen molar-refractivity contribution < 1.29 is 9.90 Å². The van der Waals surface area contributed by atoms with Gasteiger partial charge in [-0.3, -0.25) is 9.79 Å². The number of amides is 1. The van der Waals surface area contributed by atoms with Crippen LogP contribution in [-0.2, 0) is 13.1 Å². The van der Waals surface area contributed by atoms with Crippen LogP contribution in [0.5, 0.6) is 5.75 Å². The first-order chi connectivity index (χ1) is 20.5. The highest BCUT2D eigenvalue weighted by molar-refractivity contribution is 5.98. The number of amidine groups is 2. The monoisotopic (exact) mass is 557 g/mol. The van der Waals surface area contributed by atoms with Gasteiger partial charge in [-0.1, -0.05) is 80.1 Å². The molecule has 0 saturated heterocycles. The van der Waals surface area contributed by atoms with E-state index in [1.54, 1.807) is 24.3 Å². The largest absolute Gasteiger partial charge is 0.508 e. The zero-order valence-corrected chi connectivity index (χ0v) is 23.7. The molecule has 0 bridgehead atoms. The maximum atomic E-state index is 12.9. The molecule has 1 amide bonds. The number of aromatic hydroxyl groups is 1. The Morgan fingerprint density at radius 3 is 2.45 bits per heavy atom. The molecule has 0 aliphatic carbocycles. The zero-order chi connectivity index (χ0) is 29.1. The summed E-state index contributed by atoms with van der Waals surface area (Å²) in [6.07, 6.45) is 3.08. The number of carbonyl (C=O) groups excluding carboxylic acids is 1. The lowest BCUT2D eigenvalue weighted by Gasteiger charge is -2.33. The average molecular weight is 558 g/mol. The van der Waals surface area contributed by atoms with Gasteiger partial charge in [-0.2, -0.15) is 0 Å². The number of unbranched alkanes of at least 4 members (excludes halogenated alkanes) is 1. The Labute approximate surface area is 246 Å². The van der Waals surface area contributed by atoms with Crippen molar-refractivity contribution in [2.75, 3.05) is 0 Å². The average Bonchev–Trinajstić information content (AvgIpc) is 3.38. The number of hydrogen-bond acceptors (Lipinski definition) is 6. The Morgan fingerprint density at radius 2 is 1.67 bits per heavy atom. The van der Waals surface area contributed by atoms with Gasteiger partial charge in [0.1, 0.15) is 23.5 Å². The van der Waals surface area contributed by atoms with E-state index in [1.807, 2.05) is 36.4 Å². The number of phenols is 1. The van der Waals surface area contributed by atoms with Crippen LogP contribution in [0.1, 0.15) is 59.3 Å². The van der Waals surface area contributed by atoms with Crippen molar-refractivity contribution in [3.8, 4) is 16.9 Å². The van der Waals surface area contributed by atoms with E-state index in [1.165, 1.54) is 11.1 Å². The van der Waals surface area contributed by atoms with Crippen LogP contribution >= 0.6 is 0 Å². The molecule has 42 heavy (non-hydrogen) atoms. The fourth-order valence-corrected chi connectivity index (χ4v) is 5.75. The molecule has 2 heterocycles. The molecule has 4 N–H and O–H groups in total. The van der Waals surface area contributed by atoms with Gasteiger partial charge < -0.3 is 21.1 Å². The third-order valence-corrected chi connectivity index (χ3v) is 7.95. The highest BCUT2D eigenvalue weighted by Crippen LogP contribution is 2.42. The van der Waals surface area contributed by atoms with E-state index in [0.29, 0.717) is 17.9 Å². The first-order valence-corrected chi connectivity index (χ1v) is 14.5. The van der Waals surface area contributed by atoms with Gasteiger partial charge in [0.2, 0.25) is 0 Å². The molecule has 2 atom stereocenters. The normalized spacial score (nSPS) is 17.2. The summed E-state index contributed by atoms with van der Waals surface area (Å²) in [5, 5.41) is 12.8. The second kappa shape index (κ2) is 11.9. The molecule has 0 spiro atoms. The molecule has 0 fully saturated rings. The number of nitrogens with zero attached hydrogens (tertiary/aromatic N) is 3. The minimum absolute atomic E-state index is 0.0418. The number of nitrogens with one attached hydrogen (secondary N) is 1. The molecule has 6 rings (SSSR count). The molecular formula is C35H35N5O2. The smallest absolute Gasteiger partial charge is 0.251 e. The lowest BCUT2D eigenvalue weighted by atomic mass is 9.93. The number of hydrogen-bond donors (Lipinski definition) is 3.